The Labute approximate surface area is 311 Å². The van der Waals surface area contributed by atoms with Gasteiger partial charge < -0.3 is 70.1 Å². The van der Waals surface area contributed by atoms with Crippen molar-refractivity contribution >= 4 is 16.8 Å². The van der Waals surface area contributed by atoms with Gasteiger partial charge in [0.05, 0.1) is 19.3 Å². The van der Waals surface area contributed by atoms with Gasteiger partial charge >= 0.3 is 0 Å². The van der Waals surface area contributed by atoms with E-state index in [9.17, 15) is 45.6 Å². The number of hydrogen-bond acceptors (Lipinski definition) is 13. The monoisotopic (exact) mass is 754 g/mol. The number of aromatic amines is 1. The van der Waals surface area contributed by atoms with Crippen molar-refractivity contribution in [3.8, 4) is 5.75 Å². The predicted octanol–water partition coefficient (Wildman–Crippen LogP) is 1.28. The lowest BCUT2D eigenvalue weighted by Crippen LogP contribution is -2.62. The highest BCUT2D eigenvalue weighted by atomic mass is 16.7. The fraction of sp³-hybridized carbons (Fsp3) is 0.763. The summed E-state index contributed by atoms with van der Waals surface area (Å²) in [5.41, 5.74) is 1.77. The van der Waals surface area contributed by atoms with Gasteiger partial charge in [0, 0.05) is 30.1 Å². The Morgan fingerprint density at radius 3 is 2.02 bits per heavy atom. The number of aromatic nitrogens is 1. The highest BCUT2D eigenvalue weighted by Crippen LogP contribution is 2.29. The van der Waals surface area contributed by atoms with Crippen molar-refractivity contribution in [3.63, 3.8) is 0 Å². The number of nitrogens with one attached hydrogen (secondary N) is 2. The maximum absolute atomic E-state index is 12.5. The predicted molar refractivity (Wildman–Crippen MR) is 194 cm³/mol. The number of hydrogen-bond donors (Lipinski definition) is 10. The molecule has 4 rings (SSSR count). The van der Waals surface area contributed by atoms with Gasteiger partial charge in [-0.05, 0) is 49.9 Å². The molecule has 5 unspecified atom stereocenters. The van der Waals surface area contributed by atoms with Crippen molar-refractivity contribution < 1.29 is 64.6 Å². The molecule has 1 aromatic carbocycles. The van der Waals surface area contributed by atoms with E-state index in [0.29, 0.717) is 25.1 Å². The van der Waals surface area contributed by atoms with Gasteiger partial charge in [-0.2, -0.15) is 0 Å². The first-order valence-corrected chi connectivity index (χ1v) is 19.3. The number of fused-ring (bicyclic) bond motifs is 1. The molecule has 2 aromatic rings. The summed E-state index contributed by atoms with van der Waals surface area (Å²) in [7, 11) is 0. The molecule has 302 valence electrons. The van der Waals surface area contributed by atoms with Crippen molar-refractivity contribution in [1.29, 1.82) is 0 Å². The molecular formula is C38H62N2O13. The second kappa shape index (κ2) is 22.2. The maximum atomic E-state index is 12.5. The van der Waals surface area contributed by atoms with Crippen molar-refractivity contribution in [2.45, 2.75) is 164 Å². The molecule has 15 heteroatoms. The summed E-state index contributed by atoms with van der Waals surface area (Å²) in [6, 6.07) is 5.18. The molecule has 1 aromatic heterocycles. The molecule has 0 bridgehead atoms. The topological polar surface area (TPSA) is 244 Å². The van der Waals surface area contributed by atoms with Crippen LogP contribution >= 0.6 is 0 Å². The van der Waals surface area contributed by atoms with Crippen molar-refractivity contribution in [1.82, 2.24) is 10.3 Å². The van der Waals surface area contributed by atoms with Crippen molar-refractivity contribution in [3.05, 3.63) is 30.0 Å². The SMILES string of the molecule is CC(O)CCCCCCCCCCCCCC(=O)NCCc1c[nH]c2ccc(O[C@@H]3OC(CO[C@@H]4OC(CO)[C@H](O)[C@H](O)C4O)[C@H](O)[C@H](O)C3O)cc12. The first-order chi connectivity index (χ1) is 25.5. The number of ether oxygens (including phenoxy) is 4. The minimum absolute atomic E-state index is 0.0266. The number of benzene rings is 1. The molecule has 10 N–H and O–H groups in total. The zero-order valence-electron chi connectivity index (χ0n) is 30.8. The largest absolute Gasteiger partial charge is 0.462 e. The van der Waals surface area contributed by atoms with Gasteiger partial charge in [0.2, 0.25) is 12.2 Å². The van der Waals surface area contributed by atoms with Gasteiger partial charge in [0.25, 0.3) is 0 Å². The number of aliphatic hydroxyl groups is 8. The molecule has 2 aliphatic heterocycles. The zero-order chi connectivity index (χ0) is 38.3. The van der Waals surface area contributed by atoms with Gasteiger partial charge in [-0.1, -0.05) is 64.2 Å². The van der Waals surface area contributed by atoms with Crippen LogP contribution in [0.25, 0.3) is 10.9 Å². The van der Waals surface area contributed by atoms with Crippen LogP contribution in [0.4, 0.5) is 0 Å². The Hall–Kier alpha value is -2.41. The van der Waals surface area contributed by atoms with E-state index in [4.69, 9.17) is 18.9 Å². The second-order valence-electron chi connectivity index (χ2n) is 14.6. The number of carbonyl (C=O) groups is 1. The number of amides is 1. The van der Waals surface area contributed by atoms with Gasteiger partial charge in [-0.15, -0.1) is 0 Å². The Morgan fingerprint density at radius 1 is 0.792 bits per heavy atom. The van der Waals surface area contributed by atoms with Gasteiger partial charge in [-0.25, -0.2) is 0 Å². The quantitative estimate of drug-likeness (QED) is 0.0720. The number of rotatable bonds is 23. The third-order valence-electron chi connectivity index (χ3n) is 10.2. The second-order valence-corrected chi connectivity index (χ2v) is 14.6. The Bertz CT molecular complexity index is 1340. The third-order valence-corrected chi connectivity index (χ3v) is 10.2. The lowest BCUT2D eigenvalue weighted by Gasteiger charge is -2.42. The summed E-state index contributed by atoms with van der Waals surface area (Å²) in [6.07, 6.45) is 1.31. The highest BCUT2D eigenvalue weighted by molar-refractivity contribution is 5.84. The summed E-state index contributed by atoms with van der Waals surface area (Å²) in [4.78, 5) is 15.7. The summed E-state index contributed by atoms with van der Waals surface area (Å²) in [5, 5.41) is 84.6. The van der Waals surface area contributed by atoms with E-state index < -0.39 is 74.6 Å². The molecule has 3 heterocycles. The lowest BCUT2D eigenvalue weighted by molar-refractivity contribution is -0.323. The van der Waals surface area contributed by atoms with Crippen LogP contribution in [0.3, 0.4) is 0 Å². The first-order valence-electron chi connectivity index (χ1n) is 19.3. The number of carbonyl (C=O) groups excluding carboxylic acids is 1. The molecular weight excluding hydrogens is 692 g/mol. The summed E-state index contributed by atoms with van der Waals surface area (Å²) in [6.45, 7) is 1.19. The van der Waals surface area contributed by atoms with Crippen LogP contribution in [-0.4, -0.2) is 139 Å². The fourth-order valence-corrected chi connectivity index (χ4v) is 6.86. The van der Waals surface area contributed by atoms with E-state index >= 15 is 0 Å². The molecule has 15 nitrogen and oxygen atoms in total. The van der Waals surface area contributed by atoms with Crippen molar-refractivity contribution in [2.24, 2.45) is 0 Å². The molecule has 2 aliphatic rings. The van der Waals surface area contributed by atoms with E-state index in [1.165, 1.54) is 44.9 Å². The minimum Gasteiger partial charge on any atom is -0.462 e. The minimum atomic E-state index is -1.68. The fourth-order valence-electron chi connectivity index (χ4n) is 6.86. The Kier molecular flexibility index (Phi) is 18.2. The normalized spacial score (nSPS) is 29.7. The standard InChI is InChI=1S/C38H62N2O13/c1-23(42)13-11-9-7-5-3-2-4-6-8-10-12-14-30(43)39-18-17-24-20-40-27-16-15-25(19-26(24)27)51-38-36(49)34(47)32(45)29(53-38)22-50-37-35(48)33(46)31(44)28(21-41)52-37/h15-16,19-20,23,28-29,31-38,40-42,44-49H,2-14,17-18,21-22H2,1H3,(H,39,43)/t23?,28?,29?,31-,32-,33-,34-,35?,36?,37+,38+/m0/s1. The Morgan fingerprint density at radius 2 is 1.38 bits per heavy atom. The number of unbranched alkanes of at least 4 members (excludes halogenated alkanes) is 10. The molecule has 0 spiro atoms. The van der Waals surface area contributed by atoms with Gasteiger partial charge in [-0.3, -0.25) is 4.79 Å². The van der Waals surface area contributed by atoms with Crippen molar-refractivity contribution in [2.75, 3.05) is 19.8 Å². The molecule has 53 heavy (non-hydrogen) atoms. The summed E-state index contributed by atoms with van der Waals surface area (Å²) < 4.78 is 22.5. The van der Waals surface area contributed by atoms with Crippen LogP contribution < -0.4 is 10.1 Å². The molecule has 2 fully saturated rings. The molecule has 0 radical (unpaired) electrons. The van der Waals surface area contributed by atoms with Crippen LogP contribution in [-0.2, 0) is 25.4 Å². The average molecular weight is 755 g/mol. The molecule has 1 amide bonds. The van der Waals surface area contributed by atoms with Gasteiger partial charge in [0.15, 0.2) is 6.29 Å². The van der Waals surface area contributed by atoms with Crippen LogP contribution in [0, 0.1) is 0 Å². The lowest BCUT2D eigenvalue weighted by atomic mass is 9.98. The van der Waals surface area contributed by atoms with Crippen LogP contribution in [0.15, 0.2) is 24.4 Å². The number of aliphatic hydroxyl groups excluding tert-OH is 8. The molecule has 2 saturated heterocycles. The van der Waals surface area contributed by atoms with Crippen LogP contribution in [0.5, 0.6) is 5.75 Å². The summed E-state index contributed by atoms with van der Waals surface area (Å²) in [5.74, 6) is 0.339. The van der Waals surface area contributed by atoms with E-state index in [2.05, 4.69) is 10.3 Å². The molecule has 11 atom stereocenters. The maximum Gasteiger partial charge on any atom is 0.229 e. The van der Waals surface area contributed by atoms with E-state index in [1.807, 2.05) is 13.1 Å². The molecule has 0 saturated carbocycles. The third kappa shape index (κ3) is 13.1. The Balaban J connectivity index is 1.16. The van der Waals surface area contributed by atoms with E-state index in [-0.39, 0.29) is 12.0 Å². The first kappa shape index (κ1) is 43.3. The summed E-state index contributed by atoms with van der Waals surface area (Å²) >= 11 is 0. The van der Waals surface area contributed by atoms with Crippen LogP contribution in [0.1, 0.15) is 96.0 Å². The van der Waals surface area contributed by atoms with Crippen LogP contribution in [0.2, 0.25) is 0 Å². The highest BCUT2D eigenvalue weighted by Gasteiger charge is 2.48. The van der Waals surface area contributed by atoms with E-state index in [0.717, 1.165) is 48.6 Å². The average Bonchev–Trinajstić information content (AvgIpc) is 3.54. The van der Waals surface area contributed by atoms with E-state index in [1.54, 1.807) is 18.2 Å². The number of H-pyrrole nitrogens is 1. The van der Waals surface area contributed by atoms with Gasteiger partial charge in [0.1, 0.15) is 54.6 Å². The zero-order valence-corrected chi connectivity index (χ0v) is 30.8. The smallest absolute Gasteiger partial charge is 0.229 e. The molecule has 0 aliphatic carbocycles.